The van der Waals surface area contributed by atoms with Gasteiger partial charge >= 0.3 is 6.00 Å². The fraction of sp³-hybridized carbons (Fsp3) is 0.250. The molecular weight excluding hydrogens is 451 g/mol. The number of hydrogen-bond donors (Lipinski definition) is 0. The van der Waals surface area contributed by atoms with Crippen LogP contribution in [0.5, 0.6) is 0 Å². The summed E-state index contributed by atoms with van der Waals surface area (Å²) < 4.78 is 0. The monoisotopic (exact) mass is 474 g/mol. The van der Waals surface area contributed by atoms with Gasteiger partial charge in [-0.1, -0.05) is 80.5 Å². The number of rotatable bonds is 5. The Morgan fingerprint density at radius 2 is 0.897 bits per heavy atom. The first-order chi connectivity index (χ1) is 13.8. The maximum Gasteiger partial charge on any atom is 0.372 e. The first-order valence-electron chi connectivity index (χ1n) is 10.3. The lowest BCUT2D eigenvalue weighted by atomic mass is 10.00. The van der Waals surface area contributed by atoms with Crippen molar-refractivity contribution in [2.45, 2.75) is 38.9 Å². The molecule has 0 saturated carbocycles. The lowest BCUT2D eigenvalue weighted by Crippen LogP contribution is -2.45. The number of halogens is 3. The fourth-order valence-corrected chi connectivity index (χ4v) is 9.89. The van der Waals surface area contributed by atoms with Crippen molar-refractivity contribution in [2.75, 3.05) is 0 Å². The van der Waals surface area contributed by atoms with Gasteiger partial charge in [-0.2, -0.15) is 0 Å². The van der Waals surface area contributed by atoms with Crippen LogP contribution in [-0.2, 0) is 0 Å². The van der Waals surface area contributed by atoms with Gasteiger partial charge in [0.1, 0.15) is 0 Å². The van der Waals surface area contributed by atoms with Crippen molar-refractivity contribution >= 4 is 90.0 Å². The maximum atomic E-state index is 6.22. The van der Waals surface area contributed by atoms with Crippen LogP contribution in [0, 0.1) is 0 Å². The molecule has 0 amide bonds. The Morgan fingerprint density at radius 1 is 0.517 bits per heavy atom. The molecule has 0 aliphatic heterocycles. The Hall–Kier alpha value is -1.04. The highest BCUT2D eigenvalue weighted by atomic mass is 35.8. The van der Waals surface area contributed by atoms with Gasteiger partial charge in [0, 0.05) is 0 Å². The highest BCUT2D eigenvalue weighted by Crippen LogP contribution is 2.29. The lowest BCUT2D eigenvalue weighted by Gasteiger charge is -2.29. The normalized spacial score (nSPS) is 12.9. The van der Waals surface area contributed by atoms with Crippen LogP contribution < -0.4 is 10.4 Å². The predicted molar refractivity (Wildman–Crippen MR) is 139 cm³/mol. The van der Waals surface area contributed by atoms with Crippen molar-refractivity contribution in [1.82, 2.24) is 0 Å². The van der Waals surface area contributed by atoms with Gasteiger partial charge in [0.15, 0.2) is 0 Å². The second kappa shape index (κ2) is 7.90. The van der Waals surface area contributed by atoms with Crippen molar-refractivity contribution in [3.63, 3.8) is 0 Å². The van der Waals surface area contributed by atoms with Gasteiger partial charge in [0.25, 0.3) is 0 Å². The minimum Gasteiger partial charge on any atom is -0.121 e. The number of benzene rings is 4. The van der Waals surface area contributed by atoms with Crippen LogP contribution in [0.2, 0.25) is 18.1 Å². The molecule has 0 radical (unpaired) electrons. The minimum absolute atomic E-state index is 0.833. The van der Waals surface area contributed by atoms with Crippen LogP contribution in [0.25, 0.3) is 32.3 Å². The summed E-state index contributed by atoms with van der Waals surface area (Å²) in [7, 11) is -1.38. The third-order valence-electron chi connectivity index (χ3n) is 6.72. The van der Waals surface area contributed by atoms with Gasteiger partial charge in [0.2, 0.25) is 0 Å². The number of hydrogen-bond acceptors (Lipinski definition) is 0. The van der Waals surface area contributed by atoms with Gasteiger partial charge < -0.3 is 0 Å². The molecule has 0 bridgehead atoms. The molecule has 0 N–H and O–H groups in total. The molecule has 0 aromatic heterocycles. The molecule has 0 saturated heterocycles. The average molecular weight is 476 g/mol. The first-order valence-corrected chi connectivity index (χ1v) is 17.9. The Morgan fingerprint density at radius 3 is 1.34 bits per heavy atom. The molecule has 0 nitrogen and oxygen atoms in total. The van der Waals surface area contributed by atoms with Gasteiger partial charge in [-0.25, -0.2) is 0 Å². The molecule has 0 spiro atoms. The molecule has 4 rings (SSSR count). The van der Waals surface area contributed by atoms with E-state index in [2.05, 4.69) is 69.3 Å². The predicted octanol–water partition coefficient (Wildman–Crippen LogP) is 7.72. The molecule has 0 aliphatic carbocycles. The van der Waals surface area contributed by atoms with Crippen molar-refractivity contribution in [3.05, 3.63) is 60.7 Å². The van der Waals surface area contributed by atoms with E-state index in [1.165, 1.54) is 45.1 Å². The zero-order chi connectivity index (χ0) is 20.8. The smallest absolute Gasteiger partial charge is 0.121 e. The standard InChI is InChI=1S/C24H25Cl3Si2/c1-4-28(5-2,6-3)23-9-7-17-11-20-14-22-16-24(29(25,26)27)10-8-18(22)12-19(20)13-21(17)15-23/h7-16H,4-6H2,1-3H3. The van der Waals surface area contributed by atoms with Crippen molar-refractivity contribution < 1.29 is 0 Å². The summed E-state index contributed by atoms with van der Waals surface area (Å²) in [6, 6.07) is 23.3. The molecule has 0 heterocycles. The Labute approximate surface area is 188 Å². The fourth-order valence-electron chi connectivity index (χ4n) is 4.62. The molecule has 29 heavy (non-hydrogen) atoms. The van der Waals surface area contributed by atoms with Crippen molar-refractivity contribution in [2.24, 2.45) is 0 Å². The van der Waals surface area contributed by atoms with Crippen molar-refractivity contribution in [3.8, 4) is 0 Å². The van der Waals surface area contributed by atoms with E-state index in [1.807, 2.05) is 12.1 Å². The van der Waals surface area contributed by atoms with E-state index in [-0.39, 0.29) is 0 Å². The molecule has 4 aromatic carbocycles. The highest BCUT2D eigenvalue weighted by Gasteiger charge is 2.29. The highest BCUT2D eigenvalue weighted by molar-refractivity contribution is 7.69. The molecule has 0 atom stereocenters. The van der Waals surface area contributed by atoms with Crippen LogP contribution in [0.1, 0.15) is 20.8 Å². The Balaban J connectivity index is 1.90. The molecule has 4 aromatic rings. The summed E-state index contributed by atoms with van der Waals surface area (Å²) in [6.07, 6.45) is 0. The summed E-state index contributed by atoms with van der Waals surface area (Å²) in [4.78, 5) is 0. The molecule has 0 fully saturated rings. The zero-order valence-electron chi connectivity index (χ0n) is 17.0. The van der Waals surface area contributed by atoms with E-state index >= 15 is 0 Å². The maximum absolute atomic E-state index is 6.22. The third-order valence-corrected chi connectivity index (χ3v) is 15.2. The second-order valence-electron chi connectivity index (χ2n) is 8.01. The summed E-state index contributed by atoms with van der Waals surface area (Å²) in [5, 5.41) is 9.85. The van der Waals surface area contributed by atoms with Gasteiger partial charge in [-0.3, -0.25) is 0 Å². The molecule has 0 aliphatic rings. The molecule has 5 heteroatoms. The topological polar surface area (TPSA) is 0 Å². The molecular formula is C24H25Cl3Si2. The van der Waals surface area contributed by atoms with Crippen LogP contribution in [-0.4, -0.2) is 14.1 Å². The largest absolute Gasteiger partial charge is 0.372 e. The summed E-state index contributed by atoms with van der Waals surface area (Å²) in [5.41, 5.74) is 0. The van der Waals surface area contributed by atoms with E-state index in [9.17, 15) is 0 Å². The molecule has 150 valence electrons. The van der Waals surface area contributed by atoms with Crippen LogP contribution in [0.15, 0.2) is 60.7 Å². The SMILES string of the molecule is CC[Si](CC)(CC)c1ccc2cc3cc4cc([Si](Cl)(Cl)Cl)ccc4cc3cc2c1. The van der Waals surface area contributed by atoms with Crippen molar-refractivity contribution in [1.29, 1.82) is 0 Å². The number of fused-ring (bicyclic) bond motifs is 3. The van der Waals surface area contributed by atoms with Gasteiger partial charge in [-0.05, 0) is 61.8 Å². The Bertz CT molecular complexity index is 1200. The van der Waals surface area contributed by atoms with Crippen LogP contribution in [0.3, 0.4) is 0 Å². The first kappa shape index (κ1) is 21.2. The van der Waals surface area contributed by atoms with Crippen LogP contribution in [0.4, 0.5) is 0 Å². The average Bonchev–Trinajstić information content (AvgIpc) is 2.71. The summed E-state index contributed by atoms with van der Waals surface area (Å²) in [6.45, 7) is 7.10. The summed E-state index contributed by atoms with van der Waals surface area (Å²) >= 11 is 18.6. The van der Waals surface area contributed by atoms with E-state index in [4.69, 9.17) is 33.2 Å². The van der Waals surface area contributed by atoms with E-state index in [0.717, 1.165) is 10.6 Å². The molecule has 0 unspecified atom stereocenters. The minimum atomic E-state index is -2.88. The van der Waals surface area contributed by atoms with Gasteiger partial charge in [-0.15, -0.1) is 33.2 Å². The lowest BCUT2D eigenvalue weighted by molar-refractivity contribution is 1.20. The second-order valence-corrected chi connectivity index (χ2v) is 21.7. The van der Waals surface area contributed by atoms with E-state index < -0.39 is 14.1 Å². The summed E-state index contributed by atoms with van der Waals surface area (Å²) in [5.74, 6) is 0. The van der Waals surface area contributed by atoms with Gasteiger partial charge in [0.05, 0.1) is 8.07 Å². The van der Waals surface area contributed by atoms with E-state index in [0.29, 0.717) is 0 Å². The third kappa shape index (κ3) is 3.86. The zero-order valence-corrected chi connectivity index (χ0v) is 21.3. The van der Waals surface area contributed by atoms with Crippen LogP contribution >= 0.6 is 33.2 Å². The quantitative estimate of drug-likeness (QED) is 0.157. The van der Waals surface area contributed by atoms with E-state index in [1.54, 1.807) is 5.19 Å². The Kier molecular flexibility index (Phi) is 5.78.